The van der Waals surface area contributed by atoms with Gasteiger partial charge in [-0.05, 0) is 73.1 Å². The number of hydrogen-bond acceptors (Lipinski definition) is 3. The minimum Gasteiger partial charge on any atom is -0.497 e. The first-order chi connectivity index (χ1) is 17.7. The van der Waals surface area contributed by atoms with Crippen molar-refractivity contribution in [2.45, 2.75) is 44.7 Å². The molecular formula is C30H31N3O2S. The Kier molecular flexibility index (Phi) is 6.28. The van der Waals surface area contributed by atoms with Gasteiger partial charge < -0.3 is 19.5 Å². The zero-order valence-electron chi connectivity index (χ0n) is 20.6. The molecule has 1 aliphatic carbocycles. The minimum atomic E-state index is -0.217. The number of methoxy groups -OCH3 is 1. The Balaban J connectivity index is 1.40. The van der Waals surface area contributed by atoms with Crippen LogP contribution in [0.2, 0.25) is 0 Å². The zero-order valence-corrected chi connectivity index (χ0v) is 21.4. The van der Waals surface area contributed by atoms with Gasteiger partial charge in [-0.25, -0.2) is 4.79 Å². The van der Waals surface area contributed by atoms with Crippen molar-refractivity contribution in [3.63, 3.8) is 0 Å². The largest absolute Gasteiger partial charge is 0.497 e. The summed E-state index contributed by atoms with van der Waals surface area (Å²) < 4.78 is 7.87. The second-order valence-corrected chi connectivity index (χ2v) is 10.7. The maximum Gasteiger partial charge on any atom is 0.318 e. The van der Waals surface area contributed by atoms with Gasteiger partial charge in [0.05, 0.1) is 25.4 Å². The van der Waals surface area contributed by atoms with E-state index < -0.39 is 0 Å². The number of amides is 2. The standard InChI is InChI=1S/C30H31N3O2S/c1-35-23-12-7-11-22(19-23)28-26-14-8-18-32(26)29-25(24-13-5-6-15-27(24)36-29)20-33(28)30(34)31-17-16-21-9-3-2-4-10-21/h2-4,7-12,14,18-19,28H,5-6,13,15-17,20H2,1H3,(H,31,34). The highest BCUT2D eigenvalue weighted by atomic mass is 32.1. The summed E-state index contributed by atoms with van der Waals surface area (Å²) in [6, 6.07) is 22.4. The first-order valence-corrected chi connectivity index (χ1v) is 13.6. The van der Waals surface area contributed by atoms with Crippen LogP contribution >= 0.6 is 11.3 Å². The van der Waals surface area contributed by atoms with E-state index in [0.717, 1.165) is 36.3 Å². The van der Waals surface area contributed by atoms with E-state index in [-0.39, 0.29) is 12.1 Å². The van der Waals surface area contributed by atoms with E-state index in [1.54, 1.807) is 7.11 Å². The van der Waals surface area contributed by atoms with E-state index in [0.29, 0.717) is 13.1 Å². The number of thiophene rings is 1. The maximum atomic E-state index is 13.9. The van der Waals surface area contributed by atoms with E-state index >= 15 is 0 Å². The van der Waals surface area contributed by atoms with Gasteiger partial charge in [-0.3, -0.25) is 0 Å². The Bertz CT molecular complexity index is 1370. The van der Waals surface area contributed by atoms with E-state index in [2.05, 4.69) is 52.5 Å². The number of benzene rings is 2. The van der Waals surface area contributed by atoms with Crippen molar-refractivity contribution in [2.24, 2.45) is 0 Å². The molecule has 3 heterocycles. The van der Waals surface area contributed by atoms with Gasteiger partial charge in [0, 0.05) is 23.2 Å². The van der Waals surface area contributed by atoms with Crippen LogP contribution in [0.15, 0.2) is 72.9 Å². The number of ether oxygens (including phenoxy) is 1. The van der Waals surface area contributed by atoms with E-state index in [1.807, 2.05) is 46.6 Å². The molecule has 1 N–H and O–H groups in total. The molecule has 1 aliphatic heterocycles. The summed E-state index contributed by atoms with van der Waals surface area (Å²) in [6.07, 6.45) is 7.68. The van der Waals surface area contributed by atoms with Gasteiger partial charge >= 0.3 is 6.03 Å². The number of hydrogen-bond donors (Lipinski definition) is 1. The van der Waals surface area contributed by atoms with Crippen LogP contribution in [0.25, 0.3) is 5.00 Å². The molecule has 0 spiro atoms. The molecular weight excluding hydrogens is 466 g/mol. The van der Waals surface area contributed by atoms with Crippen LogP contribution in [-0.2, 0) is 25.8 Å². The quantitative estimate of drug-likeness (QED) is 0.353. The second-order valence-electron chi connectivity index (χ2n) is 9.57. The lowest BCUT2D eigenvalue weighted by Crippen LogP contribution is -2.42. The summed E-state index contributed by atoms with van der Waals surface area (Å²) >= 11 is 1.91. The third kappa shape index (κ3) is 4.20. The molecule has 0 saturated heterocycles. The lowest BCUT2D eigenvalue weighted by molar-refractivity contribution is 0.180. The van der Waals surface area contributed by atoms with Crippen LogP contribution in [0.1, 0.15) is 51.7 Å². The van der Waals surface area contributed by atoms with Crippen molar-refractivity contribution in [1.82, 2.24) is 14.8 Å². The van der Waals surface area contributed by atoms with Gasteiger partial charge in [-0.1, -0.05) is 42.5 Å². The van der Waals surface area contributed by atoms with Crippen molar-refractivity contribution < 1.29 is 9.53 Å². The summed E-state index contributed by atoms with van der Waals surface area (Å²) in [6.45, 7) is 1.20. The van der Waals surface area contributed by atoms with Crippen LogP contribution < -0.4 is 10.1 Å². The third-order valence-electron chi connectivity index (χ3n) is 7.38. The van der Waals surface area contributed by atoms with Gasteiger partial charge in [-0.15, -0.1) is 11.3 Å². The molecule has 4 aromatic rings. The lowest BCUT2D eigenvalue weighted by Gasteiger charge is -2.31. The molecule has 0 radical (unpaired) electrons. The fraction of sp³-hybridized carbons (Fsp3) is 0.300. The average molecular weight is 498 g/mol. The minimum absolute atomic E-state index is 0.0323. The van der Waals surface area contributed by atoms with E-state index in [9.17, 15) is 4.79 Å². The van der Waals surface area contributed by atoms with Crippen LogP contribution in [0.3, 0.4) is 0 Å². The summed E-state index contributed by atoms with van der Waals surface area (Å²) in [5, 5.41) is 4.51. The summed E-state index contributed by atoms with van der Waals surface area (Å²) in [4.78, 5) is 17.4. The Morgan fingerprint density at radius 1 is 1.03 bits per heavy atom. The third-order valence-corrected chi connectivity index (χ3v) is 8.72. The van der Waals surface area contributed by atoms with Crippen molar-refractivity contribution in [3.8, 4) is 10.8 Å². The first kappa shape index (κ1) is 22.9. The van der Waals surface area contributed by atoms with Crippen molar-refractivity contribution in [1.29, 1.82) is 0 Å². The highest BCUT2D eigenvalue weighted by Crippen LogP contribution is 2.44. The molecule has 0 fully saturated rings. The van der Waals surface area contributed by atoms with Crippen molar-refractivity contribution in [2.75, 3.05) is 13.7 Å². The molecule has 2 aromatic carbocycles. The molecule has 0 bridgehead atoms. The van der Waals surface area contributed by atoms with Gasteiger partial charge in [-0.2, -0.15) is 0 Å². The Morgan fingerprint density at radius 3 is 2.75 bits per heavy atom. The van der Waals surface area contributed by atoms with E-state index in [1.165, 1.54) is 39.4 Å². The highest BCUT2D eigenvalue weighted by Gasteiger charge is 2.36. The van der Waals surface area contributed by atoms with Crippen molar-refractivity contribution in [3.05, 3.63) is 106 Å². The molecule has 36 heavy (non-hydrogen) atoms. The molecule has 6 rings (SSSR count). The molecule has 0 saturated carbocycles. The molecule has 2 aromatic heterocycles. The Morgan fingerprint density at radius 2 is 1.89 bits per heavy atom. The van der Waals surface area contributed by atoms with Crippen LogP contribution in [0, 0.1) is 0 Å². The summed E-state index contributed by atoms with van der Waals surface area (Å²) in [5.41, 5.74) is 6.17. The SMILES string of the molecule is COc1cccc(C2c3cccn3-c3sc4c(c3CN2C(=O)NCCc2ccccc2)CCCC4)c1. The number of nitrogens with one attached hydrogen (secondary N) is 1. The number of urea groups is 1. The Labute approximate surface area is 216 Å². The first-order valence-electron chi connectivity index (χ1n) is 12.8. The smallest absolute Gasteiger partial charge is 0.318 e. The molecule has 2 aliphatic rings. The van der Waals surface area contributed by atoms with Gasteiger partial charge in [0.15, 0.2) is 0 Å². The summed E-state index contributed by atoms with van der Waals surface area (Å²) in [5.74, 6) is 0.798. The molecule has 6 heteroatoms. The number of aromatic nitrogens is 1. The predicted octanol–water partition coefficient (Wildman–Crippen LogP) is 6.28. The highest BCUT2D eigenvalue weighted by molar-refractivity contribution is 7.15. The lowest BCUT2D eigenvalue weighted by atomic mass is 9.95. The molecule has 5 nitrogen and oxygen atoms in total. The average Bonchev–Trinajstić information content (AvgIpc) is 3.51. The normalized spacial score (nSPS) is 16.5. The second kappa shape index (κ2) is 9.86. The number of aryl methyl sites for hydroxylation is 1. The number of fused-ring (bicyclic) bond motifs is 5. The Hall–Kier alpha value is -3.51. The van der Waals surface area contributed by atoms with Crippen LogP contribution in [0.4, 0.5) is 4.79 Å². The zero-order chi connectivity index (χ0) is 24.5. The molecule has 1 unspecified atom stereocenters. The molecule has 2 amide bonds. The number of rotatable bonds is 5. The monoisotopic (exact) mass is 497 g/mol. The fourth-order valence-electron chi connectivity index (χ4n) is 5.61. The number of carbonyl (C=O) groups excluding carboxylic acids is 1. The topological polar surface area (TPSA) is 46.5 Å². The fourth-order valence-corrected chi connectivity index (χ4v) is 7.01. The number of nitrogens with zero attached hydrogens (tertiary/aromatic N) is 2. The van der Waals surface area contributed by atoms with Gasteiger partial charge in [0.2, 0.25) is 0 Å². The van der Waals surface area contributed by atoms with Crippen molar-refractivity contribution >= 4 is 17.4 Å². The summed E-state index contributed by atoms with van der Waals surface area (Å²) in [7, 11) is 1.69. The molecule has 184 valence electrons. The van der Waals surface area contributed by atoms with Crippen LogP contribution in [0.5, 0.6) is 5.75 Å². The maximum absolute atomic E-state index is 13.9. The van der Waals surface area contributed by atoms with E-state index in [4.69, 9.17) is 4.74 Å². The molecule has 1 atom stereocenters. The van der Waals surface area contributed by atoms with Gasteiger partial charge in [0.25, 0.3) is 0 Å². The van der Waals surface area contributed by atoms with Crippen LogP contribution in [-0.4, -0.2) is 29.2 Å². The predicted molar refractivity (Wildman–Crippen MR) is 144 cm³/mol. The number of carbonyl (C=O) groups is 1. The van der Waals surface area contributed by atoms with Gasteiger partial charge in [0.1, 0.15) is 10.8 Å².